The average molecular weight is 2000 g/mol. The van der Waals surface area contributed by atoms with Crippen molar-refractivity contribution in [2.24, 2.45) is 41.4 Å². The lowest BCUT2D eigenvalue weighted by atomic mass is 9.78. The molecule has 7 aromatic rings. The van der Waals surface area contributed by atoms with Crippen molar-refractivity contribution in [2.75, 3.05) is 109 Å². The van der Waals surface area contributed by atoms with Crippen LogP contribution in [0.3, 0.4) is 0 Å². The average Bonchev–Trinajstić information content (AvgIpc) is 0.753. The summed E-state index contributed by atoms with van der Waals surface area (Å²) in [6.45, 7) is 66.0. The Kier molecular flexibility index (Phi) is 61.1. The van der Waals surface area contributed by atoms with Gasteiger partial charge in [0.1, 0.15) is 118 Å². The Hall–Kier alpha value is -14.7. The summed E-state index contributed by atoms with van der Waals surface area (Å²) < 4.78 is 11.2. The van der Waals surface area contributed by atoms with Crippen molar-refractivity contribution in [3.63, 3.8) is 0 Å². The molecule has 0 aromatic heterocycles. The van der Waals surface area contributed by atoms with Crippen LogP contribution >= 0.6 is 0 Å². The van der Waals surface area contributed by atoms with Crippen LogP contribution in [0.5, 0.6) is 11.5 Å². The predicted octanol–water partition coefficient (Wildman–Crippen LogP) is 32.7. The molecule has 1 aliphatic heterocycles. The van der Waals surface area contributed by atoms with E-state index in [-0.39, 0.29) is 39.0 Å². The van der Waals surface area contributed by atoms with Crippen molar-refractivity contribution in [3.05, 3.63) is 228 Å². The molecular formula is C129H170N18O2. The molecule has 2 unspecified atom stereocenters. The van der Waals surface area contributed by atoms with E-state index in [2.05, 4.69) is 242 Å². The zero-order valence-electron chi connectivity index (χ0n) is 94.9. The fraction of sp³-hybridized carbons (Fsp3) is 0.488. The first kappa shape index (κ1) is 128. The van der Waals surface area contributed by atoms with E-state index >= 15 is 0 Å². The molecule has 0 N–H and O–H groups in total. The quantitative estimate of drug-likeness (QED) is 0.0253. The van der Waals surface area contributed by atoms with Gasteiger partial charge in [0.05, 0.1) is 13.7 Å². The number of benzene rings is 7. The summed E-state index contributed by atoms with van der Waals surface area (Å²) in [6, 6.07) is 68.3. The second-order valence-electron chi connectivity index (χ2n) is 41.9. The molecule has 0 bridgehead atoms. The van der Waals surface area contributed by atoms with Crippen molar-refractivity contribution >= 4 is 76.3 Å². The van der Waals surface area contributed by atoms with Crippen molar-refractivity contribution in [3.8, 4) is 84.3 Å². The Balaban J connectivity index is 0.000000460. The predicted molar refractivity (Wildman–Crippen MR) is 622 cm³/mol. The van der Waals surface area contributed by atoms with Gasteiger partial charge in [-0.25, -0.2) is 0 Å². The van der Waals surface area contributed by atoms with Crippen molar-refractivity contribution in [2.45, 2.75) is 294 Å². The van der Waals surface area contributed by atoms with E-state index in [9.17, 15) is 0 Å². The fourth-order valence-corrected chi connectivity index (χ4v) is 17.6. The smallest absolute Gasteiger partial charge is 0.130 e. The maximum atomic E-state index is 9.03. The minimum Gasteiger partial charge on any atom is -0.496 e. The molecule has 0 saturated carbocycles. The van der Waals surface area contributed by atoms with Crippen molar-refractivity contribution in [1.29, 1.82) is 63.1 Å². The topological polar surface area (TPSA) is 323 Å². The number of nitrogens with zero attached hydrogens (tertiary/aromatic N) is 18. The molecule has 149 heavy (non-hydrogen) atoms. The normalized spacial score (nSPS) is 11.7. The first-order valence-corrected chi connectivity index (χ1v) is 53.9. The summed E-state index contributed by atoms with van der Waals surface area (Å²) in [6.07, 6.45) is 31.0. The highest BCUT2D eigenvalue weighted by Crippen LogP contribution is 2.45. The monoisotopic (exact) mass is 2000 g/mol. The summed E-state index contributed by atoms with van der Waals surface area (Å²) in [7, 11) is 1.60. The molecule has 1 aliphatic rings. The van der Waals surface area contributed by atoms with Crippen LogP contribution in [0.1, 0.15) is 322 Å². The third-order valence-electron chi connectivity index (χ3n) is 25.4. The van der Waals surface area contributed by atoms with E-state index in [0.717, 1.165) is 156 Å². The molecule has 8 rings (SSSR count). The standard InChI is InChI=1S/C24H27N3O.2C23H33N3.C21H27N3.C19H25N3O.C19H25N3/c1-18(2)16-27(23-9-11-24(12-10-23)28-17-19(3)4)22-7-5-20(6-8-22)13-21(14-25)15-26;1-5-8-10-20(7-3)18-26(13-9-6-2)23-12-11-22(19(4)14-23)15-21(16-24)17-25;1-4-6-8-9-10-11-15-26(14-7-5-2)23-13-12-22(20(3)16-23)17-21(18-24)19-25;1-6-7-8-24-20-9-15(2)18(10-17(13-22)14-23)11-19(20)16(3)12-21(24,4)5;1-14(2)12-22(13-15(3)4)18-7-6-17(19(9-18)23-5)8-16(10-20)11-21;1-14(2)12-22(13-15(3)4)19-7-6-18(16(5)8-19)9-17(10-20)11-21/h5-13,18-19H,16-17H2,1-4H3;11-12,14-15,20H,5-10,13,18H2,1-4H3;12-13,16-17H,4-11,14-15H2,1-3H3;9-11,16H,6-8,12H2,1-5H3;6-9,14-15H,12-13H2,1-5H3;6-9,14-15H,12-13H2,1-5H3. The van der Waals surface area contributed by atoms with Crippen LogP contribution in [-0.2, 0) is 0 Å². The number of aryl methyl sites for hydroxylation is 4. The van der Waals surface area contributed by atoms with Crippen LogP contribution in [-0.4, -0.2) is 84.7 Å². The van der Waals surface area contributed by atoms with Crippen molar-refractivity contribution in [1.82, 2.24) is 0 Å². The molecule has 0 fully saturated rings. The van der Waals surface area contributed by atoms with Crippen LogP contribution in [0.25, 0.3) is 36.5 Å². The number of anilines is 7. The third kappa shape index (κ3) is 46.9. The highest BCUT2D eigenvalue weighted by Gasteiger charge is 2.37. The number of methoxy groups -OCH3 is 1. The van der Waals surface area contributed by atoms with Gasteiger partial charge in [-0.15, -0.1) is 0 Å². The first-order chi connectivity index (χ1) is 71.3. The van der Waals surface area contributed by atoms with Gasteiger partial charge in [-0.2, -0.15) is 63.1 Å². The molecule has 20 heteroatoms. The van der Waals surface area contributed by atoms with Crippen LogP contribution in [0.15, 0.2) is 167 Å². The number of unbranched alkanes of at least 4 members (excludes halogenated alkanes) is 9. The van der Waals surface area contributed by atoms with Crippen LogP contribution in [0.4, 0.5) is 39.8 Å². The number of rotatable bonds is 48. The second-order valence-corrected chi connectivity index (χ2v) is 41.9. The highest BCUT2D eigenvalue weighted by atomic mass is 16.5. The molecule has 1 heterocycles. The molecule has 7 aromatic carbocycles. The van der Waals surface area contributed by atoms with Crippen molar-refractivity contribution < 1.29 is 9.47 Å². The van der Waals surface area contributed by atoms with Gasteiger partial charge < -0.3 is 38.9 Å². The number of fused-ring (bicyclic) bond motifs is 1. The minimum absolute atomic E-state index is 0.0669. The van der Waals surface area contributed by atoms with E-state index in [1.165, 1.54) is 131 Å². The number of allylic oxidation sites excluding steroid dienone is 6. The number of hydrogen-bond donors (Lipinski definition) is 0. The number of ether oxygens (including phenoxy) is 2. The summed E-state index contributed by atoms with van der Waals surface area (Å²) in [5.41, 5.74) is 20.3. The maximum Gasteiger partial charge on any atom is 0.130 e. The maximum absolute atomic E-state index is 9.03. The Labute approximate surface area is 899 Å². The van der Waals surface area contributed by atoms with Gasteiger partial charge in [0.25, 0.3) is 0 Å². The summed E-state index contributed by atoms with van der Waals surface area (Å²) in [5, 5.41) is 107. The Morgan fingerprint density at radius 2 is 0.698 bits per heavy atom. The largest absolute Gasteiger partial charge is 0.496 e. The molecule has 2 atom stereocenters. The fourth-order valence-electron chi connectivity index (χ4n) is 17.6. The lowest BCUT2D eigenvalue weighted by molar-refractivity contribution is 0.271. The van der Waals surface area contributed by atoms with Crippen LogP contribution < -0.4 is 38.9 Å². The molecule has 0 amide bonds. The van der Waals surface area contributed by atoms with E-state index in [0.29, 0.717) is 53.8 Å². The Bertz CT molecular complexity index is 5930. The highest BCUT2D eigenvalue weighted by molar-refractivity contribution is 5.75. The molecular weight excluding hydrogens is 1830 g/mol. The zero-order valence-corrected chi connectivity index (χ0v) is 94.9. The molecule has 0 radical (unpaired) electrons. The van der Waals surface area contributed by atoms with E-state index in [1.807, 2.05) is 166 Å². The van der Waals surface area contributed by atoms with Gasteiger partial charge >= 0.3 is 0 Å². The van der Waals surface area contributed by atoms with Gasteiger partial charge in [-0.05, 0) is 317 Å². The SMILES string of the molecule is CC(C)COc1ccc(N(CC(C)C)c2ccc(C=C(C#N)C#N)cc2)cc1.CCCCC(CC)CN(CCCC)c1ccc(C=C(C#N)C#N)c(C)c1.CCCCCCCCN(CCCC)c1ccc(C=C(C#N)C#N)c(C)c1.CCCCN1c2cc(C)c(C=C(C#N)C#N)cc2C(C)CC1(C)C.COc1cc(N(CC(C)C)CC(C)C)ccc1C=C(C#N)C#N.Cc1cc(N(CC(C)C)CC(C)C)ccc1C=C(C#N)C#N. The Morgan fingerprint density at radius 3 is 1.09 bits per heavy atom. The second kappa shape index (κ2) is 71.0. The lowest BCUT2D eigenvalue weighted by Crippen LogP contribution is -2.48. The molecule has 788 valence electrons. The minimum atomic E-state index is 0.0669. The van der Waals surface area contributed by atoms with E-state index in [4.69, 9.17) is 72.6 Å². The van der Waals surface area contributed by atoms with Gasteiger partial charge in [-0.3, -0.25) is 0 Å². The lowest BCUT2D eigenvalue weighted by Gasteiger charge is -2.48. The first-order valence-electron chi connectivity index (χ1n) is 53.9. The van der Waals surface area contributed by atoms with E-state index < -0.39 is 0 Å². The molecule has 0 aliphatic carbocycles. The molecule has 0 saturated heterocycles. The van der Waals surface area contributed by atoms with Gasteiger partial charge in [-0.1, -0.05) is 233 Å². The summed E-state index contributed by atoms with van der Waals surface area (Å²) in [4.78, 5) is 14.6. The van der Waals surface area contributed by atoms with Gasteiger partial charge in [0, 0.05) is 122 Å². The molecule has 0 spiro atoms. The zero-order chi connectivity index (χ0) is 111. The number of nitriles is 12. The summed E-state index contributed by atoms with van der Waals surface area (Å²) >= 11 is 0. The van der Waals surface area contributed by atoms with Gasteiger partial charge in [0.2, 0.25) is 0 Å². The van der Waals surface area contributed by atoms with E-state index in [1.54, 1.807) is 43.6 Å². The number of hydrogen-bond acceptors (Lipinski definition) is 20. The Morgan fingerprint density at radius 1 is 0.356 bits per heavy atom. The van der Waals surface area contributed by atoms with Gasteiger partial charge in [0.15, 0.2) is 0 Å². The van der Waals surface area contributed by atoms with Crippen LogP contribution in [0.2, 0.25) is 0 Å². The molecule has 20 nitrogen and oxygen atoms in total. The van der Waals surface area contributed by atoms with Crippen LogP contribution in [0, 0.1) is 205 Å². The summed E-state index contributed by atoms with van der Waals surface area (Å²) in [5.74, 6) is 6.04. The third-order valence-corrected chi connectivity index (χ3v) is 25.4.